The third kappa shape index (κ3) is 2.99. The predicted octanol–water partition coefficient (Wildman–Crippen LogP) is 0.362. The number of thioether (sulfide) groups is 1. The van der Waals surface area contributed by atoms with Gasteiger partial charge in [0.1, 0.15) is 0 Å². The number of rotatable bonds is 4. The number of likely N-dealkylation sites (tertiary alicyclic amines) is 1. The Labute approximate surface area is 110 Å². The number of hydrogen-bond donors (Lipinski definition) is 1. The Morgan fingerprint density at radius 2 is 2.39 bits per heavy atom. The third-order valence-electron chi connectivity index (χ3n) is 3.16. The number of carboxylic acids is 1. The van der Waals surface area contributed by atoms with Crippen molar-refractivity contribution in [3.8, 4) is 0 Å². The van der Waals surface area contributed by atoms with Crippen LogP contribution in [0.4, 0.5) is 0 Å². The summed E-state index contributed by atoms with van der Waals surface area (Å²) in [5.74, 6) is -0.413. The van der Waals surface area contributed by atoms with E-state index >= 15 is 0 Å². The molecule has 1 aromatic rings. The molecule has 1 saturated heterocycles. The van der Waals surface area contributed by atoms with Crippen LogP contribution in [0.15, 0.2) is 5.16 Å². The lowest BCUT2D eigenvalue weighted by molar-refractivity contribution is -0.133. The molecule has 1 fully saturated rings. The highest BCUT2D eigenvalue weighted by molar-refractivity contribution is 7.99. The molecule has 1 aromatic heterocycles. The van der Waals surface area contributed by atoms with Gasteiger partial charge in [-0.05, 0) is 36.4 Å². The molecule has 0 amide bonds. The maximum atomic E-state index is 10.6. The summed E-state index contributed by atoms with van der Waals surface area (Å²) in [6, 6.07) is 0.257. The fourth-order valence-corrected chi connectivity index (χ4v) is 2.97. The Morgan fingerprint density at radius 1 is 1.61 bits per heavy atom. The van der Waals surface area contributed by atoms with Gasteiger partial charge in [-0.2, -0.15) is 0 Å². The average Bonchev–Trinajstić information content (AvgIpc) is 2.74. The molecule has 2 rings (SSSR count). The first-order chi connectivity index (χ1) is 8.58. The Hall–Kier alpha value is -1.15. The largest absolute Gasteiger partial charge is 0.481 e. The summed E-state index contributed by atoms with van der Waals surface area (Å²) in [6.45, 7) is 4.19. The van der Waals surface area contributed by atoms with Gasteiger partial charge >= 0.3 is 5.97 Å². The molecular weight excluding hydrogens is 254 g/mol. The van der Waals surface area contributed by atoms with E-state index in [0.717, 1.165) is 19.5 Å². The first kappa shape index (κ1) is 13.3. The topological polar surface area (TPSA) is 84.1 Å². The molecule has 0 spiro atoms. The third-order valence-corrected chi connectivity index (χ3v) is 4.08. The number of nitrogens with zero attached hydrogens (tertiary/aromatic N) is 5. The second kappa shape index (κ2) is 5.66. The van der Waals surface area contributed by atoms with Gasteiger partial charge in [0.15, 0.2) is 0 Å². The summed E-state index contributed by atoms with van der Waals surface area (Å²) in [5.41, 5.74) is 0. The van der Waals surface area contributed by atoms with Crippen LogP contribution in [0.25, 0.3) is 0 Å². The molecule has 0 radical (unpaired) electrons. The molecule has 0 bridgehead atoms. The molecule has 7 nitrogen and oxygen atoms in total. The van der Waals surface area contributed by atoms with Gasteiger partial charge in [-0.3, -0.25) is 4.79 Å². The van der Waals surface area contributed by atoms with Crippen LogP contribution in [0.5, 0.6) is 0 Å². The maximum Gasteiger partial charge on any atom is 0.313 e. The van der Waals surface area contributed by atoms with E-state index in [9.17, 15) is 4.79 Å². The van der Waals surface area contributed by atoms with Crippen molar-refractivity contribution in [2.24, 2.45) is 5.92 Å². The number of hydrogen-bond acceptors (Lipinski definition) is 6. The van der Waals surface area contributed by atoms with E-state index in [1.165, 1.54) is 11.8 Å². The highest BCUT2D eigenvalue weighted by Crippen LogP contribution is 2.29. The van der Waals surface area contributed by atoms with Crippen molar-refractivity contribution in [3.05, 3.63) is 0 Å². The molecule has 0 aliphatic carbocycles. The van der Waals surface area contributed by atoms with Crippen molar-refractivity contribution in [3.63, 3.8) is 0 Å². The van der Waals surface area contributed by atoms with E-state index < -0.39 is 5.97 Å². The molecule has 8 heteroatoms. The van der Waals surface area contributed by atoms with Crippen LogP contribution < -0.4 is 0 Å². The summed E-state index contributed by atoms with van der Waals surface area (Å²) < 4.78 is 1.78. The van der Waals surface area contributed by atoms with Crippen LogP contribution in [-0.4, -0.2) is 62.1 Å². The Kier molecular flexibility index (Phi) is 4.18. The molecule has 2 atom stereocenters. The van der Waals surface area contributed by atoms with Gasteiger partial charge in [0.05, 0.1) is 11.8 Å². The standard InChI is InChI=1S/C10H17N5O2S/c1-7-5-14(2)4-3-8(7)15-10(11-12-13-15)18-6-9(16)17/h7-8H,3-6H2,1-2H3,(H,16,17). The van der Waals surface area contributed by atoms with Crippen LogP contribution in [0.1, 0.15) is 19.4 Å². The van der Waals surface area contributed by atoms with Gasteiger partial charge < -0.3 is 10.0 Å². The molecule has 1 aliphatic heterocycles. The van der Waals surface area contributed by atoms with Crippen molar-refractivity contribution in [1.82, 2.24) is 25.1 Å². The van der Waals surface area contributed by atoms with Crippen molar-refractivity contribution < 1.29 is 9.90 Å². The molecule has 18 heavy (non-hydrogen) atoms. The fraction of sp³-hybridized carbons (Fsp3) is 0.800. The molecular formula is C10H17N5O2S. The smallest absolute Gasteiger partial charge is 0.313 e. The van der Waals surface area contributed by atoms with Crippen LogP contribution >= 0.6 is 11.8 Å². The molecule has 1 N–H and O–H groups in total. The minimum atomic E-state index is -0.856. The summed E-state index contributed by atoms with van der Waals surface area (Å²) >= 11 is 1.17. The van der Waals surface area contributed by atoms with Gasteiger partial charge in [0.2, 0.25) is 5.16 Å². The average molecular weight is 271 g/mol. The Balaban J connectivity index is 2.08. The first-order valence-electron chi connectivity index (χ1n) is 5.89. The minimum Gasteiger partial charge on any atom is -0.481 e. The van der Waals surface area contributed by atoms with Gasteiger partial charge in [-0.1, -0.05) is 18.7 Å². The summed E-state index contributed by atoms with van der Waals surface area (Å²) in [7, 11) is 2.10. The second-order valence-corrected chi connectivity index (χ2v) is 5.63. The number of tetrazole rings is 1. The van der Waals surface area contributed by atoms with Crippen molar-refractivity contribution in [2.45, 2.75) is 24.5 Å². The molecule has 2 heterocycles. The SMILES string of the molecule is CC1CN(C)CCC1n1nnnc1SCC(=O)O. The quantitative estimate of drug-likeness (QED) is 0.791. The van der Waals surface area contributed by atoms with Crippen LogP contribution in [0, 0.1) is 5.92 Å². The predicted molar refractivity (Wildman–Crippen MR) is 66.5 cm³/mol. The fourth-order valence-electron chi connectivity index (χ4n) is 2.32. The second-order valence-electron chi connectivity index (χ2n) is 4.68. The van der Waals surface area contributed by atoms with Gasteiger partial charge in [0, 0.05) is 6.54 Å². The zero-order valence-corrected chi connectivity index (χ0v) is 11.3. The minimum absolute atomic E-state index is 0.0125. The van der Waals surface area contributed by atoms with Crippen LogP contribution in [-0.2, 0) is 4.79 Å². The van der Waals surface area contributed by atoms with E-state index in [-0.39, 0.29) is 11.8 Å². The van der Waals surface area contributed by atoms with E-state index in [2.05, 4.69) is 34.4 Å². The normalized spacial score (nSPS) is 25.2. The molecule has 2 unspecified atom stereocenters. The Morgan fingerprint density at radius 3 is 3.06 bits per heavy atom. The lowest BCUT2D eigenvalue weighted by atomic mass is 9.94. The lowest BCUT2D eigenvalue weighted by Crippen LogP contribution is -2.38. The van der Waals surface area contributed by atoms with E-state index in [1.54, 1.807) is 4.68 Å². The Bertz CT molecular complexity index is 424. The van der Waals surface area contributed by atoms with E-state index in [1.807, 2.05) is 0 Å². The monoisotopic (exact) mass is 271 g/mol. The zero-order chi connectivity index (χ0) is 13.1. The summed E-state index contributed by atoms with van der Waals surface area (Å²) in [4.78, 5) is 12.9. The van der Waals surface area contributed by atoms with Crippen molar-refractivity contribution in [2.75, 3.05) is 25.9 Å². The summed E-state index contributed by atoms with van der Waals surface area (Å²) in [5, 5.41) is 20.9. The van der Waals surface area contributed by atoms with Gasteiger partial charge in [0.25, 0.3) is 0 Å². The van der Waals surface area contributed by atoms with Crippen LogP contribution in [0.2, 0.25) is 0 Å². The number of piperidine rings is 1. The van der Waals surface area contributed by atoms with Gasteiger partial charge in [-0.25, -0.2) is 4.68 Å². The first-order valence-corrected chi connectivity index (χ1v) is 6.87. The highest BCUT2D eigenvalue weighted by atomic mass is 32.2. The van der Waals surface area contributed by atoms with Crippen molar-refractivity contribution in [1.29, 1.82) is 0 Å². The number of carboxylic acid groups (broad SMARTS) is 1. The molecule has 0 saturated carbocycles. The number of carbonyl (C=O) groups is 1. The highest BCUT2D eigenvalue weighted by Gasteiger charge is 2.28. The molecule has 1 aliphatic rings. The van der Waals surface area contributed by atoms with Gasteiger partial charge in [-0.15, -0.1) is 5.10 Å². The lowest BCUT2D eigenvalue weighted by Gasteiger charge is -2.34. The molecule has 100 valence electrons. The summed E-state index contributed by atoms with van der Waals surface area (Å²) in [6.07, 6.45) is 0.989. The van der Waals surface area contributed by atoms with Crippen molar-refractivity contribution >= 4 is 17.7 Å². The molecule has 0 aromatic carbocycles. The van der Waals surface area contributed by atoms with E-state index in [4.69, 9.17) is 5.11 Å². The van der Waals surface area contributed by atoms with E-state index in [0.29, 0.717) is 11.1 Å². The zero-order valence-electron chi connectivity index (χ0n) is 10.5. The number of aromatic nitrogens is 4. The number of aliphatic carboxylic acids is 1. The maximum absolute atomic E-state index is 10.6. The van der Waals surface area contributed by atoms with Crippen LogP contribution in [0.3, 0.4) is 0 Å².